The fourth-order valence-electron chi connectivity index (χ4n) is 1.52. The van der Waals surface area contributed by atoms with E-state index in [1.165, 1.54) is 11.8 Å². The number of nitro benzene ring substituents is 1. The minimum absolute atomic E-state index is 0.0874. The van der Waals surface area contributed by atoms with Crippen LogP contribution in [-0.2, 0) is 7.05 Å². The maximum absolute atomic E-state index is 10.9. The van der Waals surface area contributed by atoms with Gasteiger partial charge in [-0.15, -0.1) is 0 Å². The zero-order chi connectivity index (χ0) is 11.0. The number of methoxy groups -OCH3 is 1. The summed E-state index contributed by atoms with van der Waals surface area (Å²) in [4.78, 5) is 10.4. The van der Waals surface area contributed by atoms with Gasteiger partial charge in [0.2, 0.25) is 0 Å². The molecule has 0 aliphatic carbocycles. The van der Waals surface area contributed by atoms with Crippen LogP contribution in [0.5, 0.6) is 5.75 Å². The van der Waals surface area contributed by atoms with E-state index in [-0.39, 0.29) is 11.4 Å². The Labute approximate surface area is 85.2 Å². The van der Waals surface area contributed by atoms with E-state index in [9.17, 15) is 10.1 Å². The van der Waals surface area contributed by atoms with Gasteiger partial charge < -0.3 is 4.74 Å². The van der Waals surface area contributed by atoms with E-state index in [0.29, 0.717) is 5.52 Å². The molecule has 0 aliphatic rings. The van der Waals surface area contributed by atoms with Crippen molar-refractivity contribution in [3.8, 4) is 5.75 Å². The average Bonchev–Trinajstić information content (AvgIpc) is 2.55. The van der Waals surface area contributed by atoms with E-state index in [2.05, 4.69) is 5.10 Å². The molecule has 0 amide bonds. The third-order valence-electron chi connectivity index (χ3n) is 2.13. The monoisotopic (exact) mass is 207 g/mol. The molecule has 0 atom stereocenters. The molecule has 0 aliphatic heterocycles. The predicted molar refractivity (Wildman–Crippen MR) is 53.9 cm³/mol. The second-order valence-corrected chi connectivity index (χ2v) is 3.11. The van der Waals surface area contributed by atoms with Crippen molar-refractivity contribution in [1.82, 2.24) is 9.78 Å². The number of hydrogen-bond donors (Lipinski definition) is 0. The highest BCUT2D eigenvalue weighted by atomic mass is 16.6. The van der Waals surface area contributed by atoms with Crippen molar-refractivity contribution >= 4 is 16.6 Å². The Morgan fingerprint density at radius 3 is 2.87 bits per heavy atom. The van der Waals surface area contributed by atoms with Gasteiger partial charge in [0.25, 0.3) is 0 Å². The van der Waals surface area contributed by atoms with Crippen LogP contribution >= 0.6 is 0 Å². The van der Waals surface area contributed by atoms with Crippen molar-refractivity contribution in [2.75, 3.05) is 7.11 Å². The van der Waals surface area contributed by atoms with Crippen LogP contribution in [0.3, 0.4) is 0 Å². The standard InChI is InChI=1S/C9H9N3O3/c1-11-5-6-3-4-7(15-2)9(12(13)14)8(6)10-11/h3-5H,1-2H3. The number of rotatable bonds is 2. The largest absolute Gasteiger partial charge is 0.490 e. The smallest absolute Gasteiger partial charge is 0.338 e. The van der Waals surface area contributed by atoms with Crippen LogP contribution in [0.25, 0.3) is 10.9 Å². The summed E-state index contributed by atoms with van der Waals surface area (Å²) in [7, 11) is 3.12. The minimum Gasteiger partial charge on any atom is -0.490 e. The maximum atomic E-state index is 10.9. The van der Waals surface area contributed by atoms with Crippen LogP contribution in [0.15, 0.2) is 18.3 Å². The molecular weight excluding hydrogens is 198 g/mol. The van der Waals surface area contributed by atoms with Gasteiger partial charge in [0, 0.05) is 18.6 Å². The summed E-state index contributed by atoms with van der Waals surface area (Å²) in [6.07, 6.45) is 1.72. The van der Waals surface area contributed by atoms with E-state index in [1.807, 2.05) is 0 Å². The molecule has 1 heterocycles. The van der Waals surface area contributed by atoms with E-state index in [0.717, 1.165) is 5.39 Å². The maximum Gasteiger partial charge on any atom is 0.338 e. The van der Waals surface area contributed by atoms with Gasteiger partial charge in [-0.3, -0.25) is 14.8 Å². The minimum atomic E-state index is -0.478. The van der Waals surface area contributed by atoms with Crippen LogP contribution in [0.4, 0.5) is 5.69 Å². The van der Waals surface area contributed by atoms with Crippen LogP contribution in [0, 0.1) is 10.1 Å². The third-order valence-corrected chi connectivity index (χ3v) is 2.13. The normalized spacial score (nSPS) is 10.5. The van der Waals surface area contributed by atoms with Gasteiger partial charge in [0.05, 0.1) is 12.0 Å². The number of ether oxygens (including phenoxy) is 1. The highest BCUT2D eigenvalue weighted by molar-refractivity contribution is 5.89. The molecule has 0 unspecified atom stereocenters. The molecule has 15 heavy (non-hydrogen) atoms. The summed E-state index contributed by atoms with van der Waals surface area (Å²) in [6.45, 7) is 0. The van der Waals surface area contributed by atoms with Crippen LogP contribution < -0.4 is 4.74 Å². The summed E-state index contributed by atoms with van der Waals surface area (Å²) in [5.74, 6) is 0.228. The second-order valence-electron chi connectivity index (χ2n) is 3.11. The van der Waals surface area contributed by atoms with E-state index < -0.39 is 4.92 Å². The first-order valence-electron chi connectivity index (χ1n) is 4.28. The number of aryl methyl sites for hydroxylation is 1. The Kier molecular flexibility index (Phi) is 2.03. The van der Waals surface area contributed by atoms with Crippen molar-refractivity contribution in [2.45, 2.75) is 0 Å². The molecule has 1 aromatic carbocycles. The summed E-state index contributed by atoms with van der Waals surface area (Å²) >= 11 is 0. The third kappa shape index (κ3) is 1.39. The van der Waals surface area contributed by atoms with Gasteiger partial charge in [-0.05, 0) is 12.1 Å². The topological polar surface area (TPSA) is 70.2 Å². The van der Waals surface area contributed by atoms with E-state index in [1.54, 1.807) is 25.4 Å². The van der Waals surface area contributed by atoms with Crippen molar-refractivity contribution < 1.29 is 9.66 Å². The number of nitrogens with zero attached hydrogens (tertiary/aromatic N) is 3. The Balaban J connectivity index is 2.83. The van der Waals surface area contributed by atoms with Gasteiger partial charge in [-0.2, -0.15) is 5.10 Å². The van der Waals surface area contributed by atoms with Crippen molar-refractivity contribution in [2.24, 2.45) is 7.05 Å². The highest BCUT2D eigenvalue weighted by Gasteiger charge is 2.21. The molecule has 0 saturated heterocycles. The number of hydrogen-bond acceptors (Lipinski definition) is 4. The summed E-state index contributed by atoms with van der Waals surface area (Å²) in [6, 6.07) is 3.32. The van der Waals surface area contributed by atoms with Crippen molar-refractivity contribution in [3.05, 3.63) is 28.4 Å². The lowest BCUT2D eigenvalue weighted by molar-refractivity contribution is -0.384. The van der Waals surface area contributed by atoms with Gasteiger partial charge >= 0.3 is 5.69 Å². The summed E-state index contributed by atoms with van der Waals surface area (Å²) in [5, 5.41) is 15.6. The molecule has 2 rings (SSSR count). The quantitative estimate of drug-likeness (QED) is 0.552. The first-order valence-corrected chi connectivity index (χ1v) is 4.28. The summed E-state index contributed by atoms with van der Waals surface area (Å²) < 4.78 is 6.47. The number of fused-ring (bicyclic) bond motifs is 1. The summed E-state index contributed by atoms with van der Waals surface area (Å²) in [5.41, 5.74) is 0.262. The average molecular weight is 207 g/mol. The highest BCUT2D eigenvalue weighted by Crippen LogP contribution is 2.33. The lowest BCUT2D eigenvalue weighted by Gasteiger charge is -2.00. The molecule has 0 radical (unpaired) electrons. The Bertz CT molecular complexity index is 533. The molecule has 0 N–H and O–H groups in total. The fraction of sp³-hybridized carbons (Fsp3) is 0.222. The van der Waals surface area contributed by atoms with Crippen molar-refractivity contribution in [3.63, 3.8) is 0 Å². The van der Waals surface area contributed by atoms with Crippen LogP contribution in [0.1, 0.15) is 0 Å². The van der Waals surface area contributed by atoms with Gasteiger partial charge in [0.1, 0.15) is 0 Å². The van der Waals surface area contributed by atoms with E-state index >= 15 is 0 Å². The molecule has 6 heteroatoms. The van der Waals surface area contributed by atoms with E-state index in [4.69, 9.17) is 4.74 Å². The number of nitro groups is 1. The molecule has 0 saturated carbocycles. The Hall–Kier alpha value is -2.11. The molecule has 0 spiro atoms. The zero-order valence-corrected chi connectivity index (χ0v) is 8.30. The molecule has 0 fully saturated rings. The molecule has 0 bridgehead atoms. The second kappa shape index (κ2) is 3.23. The van der Waals surface area contributed by atoms with Crippen LogP contribution in [-0.4, -0.2) is 21.8 Å². The Morgan fingerprint density at radius 2 is 2.27 bits per heavy atom. The predicted octanol–water partition coefficient (Wildman–Crippen LogP) is 1.49. The molecule has 2 aromatic rings. The molecule has 78 valence electrons. The molecular formula is C9H9N3O3. The SMILES string of the molecule is COc1ccc2cn(C)nc2c1[N+](=O)[O-]. The number of benzene rings is 1. The fourth-order valence-corrected chi connectivity index (χ4v) is 1.52. The number of aromatic nitrogens is 2. The lowest BCUT2D eigenvalue weighted by Crippen LogP contribution is -1.95. The van der Waals surface area contributed by atoms with Gasteiger partial charge in [-0.1, -0.05) is 0 Å². The Morgan fingerprint density at radius 1 is 1.53 bits per heavy atom. The van der Waals surface area contributed by atoms with Gasteiger partial charge in [0.15, 0.2) is 11.3 Å². The molecule has 1 aromatic heterocycles. The molecule has 6 nitrogen and oxygen atoms in total. The lowest BCUT2D eigenvalue weighted by atomic mass is 10.2. The zero-order valence-electron chi connectivity index (χ0n) is 8.30. The first-order chi connectivity index (χ1) is 7.13. The first kappa shape index (κ1) is 9.45. The van der Waals surface area contributed by atoms with Crippen LogP contribution in [0.2, 0.25) is 0 Å². The van der Waals surface area contributed by atoms with Crippen molar-refractivity contribution in [1.29, 1.82) is 0 Å². The van der Waals surface area contributed by atoms with Gasteiger partial charge in [-0.25, -0.2) is 0 Å².